The second-order valence-electron chi connectivity index (χ2n) is 6.80. The highest BCUT2D eigenvalue weighted by molar-refractivity contribution is 7.92. The van der Waals surface area contributed by atoms with Gasteiger partial charge in [-0.2, -0.15) is 0 Å². The fourth-order valence-electron chi connectivity index (χ4n) is 3.00. The van der Waals surface area contributed by atoms with Gasteiger partial charge in [-0.25, -0.2) is 17.2 Å². The van der Waals surface area contributed by atoms with E-state index in [-0.39, 0.29) is 5.69 Å². The van der Waals surface area contributed by atoms with Crippen molar-refractivity contribution < 1.29 is 26.7 Å². The van der Waals surface area contributed by atoms with E-state index in [9.17, 15) is 22.0 Å². The molecule has 0 spiro atoms. The summed E-state index contributed by atoms with van der Waals surface area (Å²) >= 11 is 0. The molecule has 1 N–H and O–H groups in total. The van der Waals surface area contributed by atoms with Crippen molar-refractivity contribution in [2.75, 3.05) is 23.7 Å². The molecular weight excluding hydrogens is 414 g/mol. The van der Waals surface area contributed by atoms with E-state index in [0.29, 0.717) is 19.6 Å². The van der Waals surface area contributed by atoms with Gasteiger partial charge in [0.05, 0.1) is 18.6 Å². The van der Waals surface area contributed by atoms with Crippen molar-refractivity contribution in [3.63, 3.8) is 0 Å². The van der Waals surface area contributed by atoms with E-state index < -0.39 is 33.6 Å². The molecular formula is C21H26F2N2O4S. The van der Waals surface area contributed by atoms with Gasteiger partial charge < -0.3 is 10.1 Å². The first-order valence-electron chi connectivity index (χ1n) is 9.57. The SMILES string of the molecule is CCOc1ccc(CCCNC(=O)C(C)N(c2ccc(F)c(F)c2)S(C)(=O)=O)cc1. The number of nitrogens with one attached hydrogen (secondary N) is 1. The number of carbonyl (C=O) groups is 1. The number of nitrogens with zero attached hydrogens (tertiary/aromatic N) is 1. The van der Waals surface area contributed by atoms with E-state index >= 15 is 0 Å². The Morgan fingerprint density at radius 2 is 1.80 bits per heavy atom. The van der Waals surface area contributed by atoms with Crippen LogP contribution in [-0.2, 0) is 21.2 Å². The van der Waals surface area contributed by atoms with E-state index in [4.69, 9.17) is 4.74 Å². The number of rotatable bonds is 10. The van der Waals surface area contributed by atoms with E-state index in [0.717, 1.165) is 46.5 Å². The number of amides is 1. The van der Waals surface area contributed by atoms with Gasteiger partial charge in [0.15, 0.2) is 11.6 Å². The number of hydrogen-bond acceptors (Lipinski definition) is 4. The molecule has 30 heavy (non-hydrogen) atoms. The van der Waals surface area contributed by atoms with Gasteiger partial charge in [-0.15, -0.1) is 0 Å². The summed E-state index contributed by atoms with van der Waals surface area (Å²) in [6, 6.07) is 9.23. The first-order chi connectivity index (χ1) is 14.1. The van der Waals surface area contributed by atoms with Gasteiger partial charge in [0.2, 0.25) is 15.9 Å². The number of carbonyl (C=O) groups excluding carboxylic acids is 1. The first kappa shape index (κ1) is 23.6. The van der Waals surface area contributed by atoms with Crippen LogP contribution >= 0.6 is 0 Å². The van der Waals surface area contributed by atoms with Gasteiger partial charge in [0, 0.05) is 12.6 Å². The lowest BCUT2D eigenvalue weighted by atomic mass is 10.1. The molecule has 1 unspecified atom stereocenters. The van der Waals surface area contributed by atoms with Crippen molar-refractivity contribution >= 4 is 21.6 Å². The molecule has 0 fully saturated rings. The molecule has 2 aromatic rings. The number of sulfonamides is 1. The largest absolute Gasteiger partial charge is 0.494 e. The zero-order chi connectivity index (χ0) is 22.3. The summed E-state index contributed by atoms with van der Waals surface area (Å²) in [6.07, 6.45) is 2.28. The number of ether oxygens (including phenoxy) is 1. The highest BCUT2D eigenvalue weighted by Crippen LogP contribution is 2.23. The third kappa shape index (κ3) is 6.41. The Bertz CT molecular complexity index is 965. The van der Waals surface area contributed by atoms with Gasteiger partial charge >= 0.3 is 0 Å². The molecule has 0 aromatic heterocycles. The first-order valence-corrected chi connectivity index (χ1v) is 11.4. The van der Waals surface area contributed by atoms with Gasteiger partial charge in [-0.1, -0.05) is 12.1 Å². The second kappa shape index (κ2) is 10.4. The molecule has 2 rings (SSSR count). The summed E-state index contributed by atoms with van der Waals surface area (Å²) in [6.45, 7) is 4.24. The fraction of sp³-hybridized carbons (Fsp3) is 0.381. The van der Waals surface area contributed by atoms with Gasteiger partial charge in [0.25, 0.3) is 0 Å². The van der Waals surface area contributed by atoms with Crippen molar-refractivity contribution in [1.82, 2.24) is 5.32 Å². The van der Waals surface area contributed by atoms with Gasteiger partial charge in [-0.05, 0) is 56.5 Å². The molecule has 0 radical (unpaired) electrons. The molecule has 0 aliphatic rings. The Hall–Kier alpha value is -2.68. The molecule has 9 heteroatoms. The normalized spacial score (nSPS) is 12.3. The molecule has 0 saturated carbocycles. The average molecular weight is 441 g/mol. The molecule has 0 aliphatic heterocycles. The lowest BCUT2D eigenvalue weighted by molar-refractivity contribution is -0.121. The standard InChI is InChI=1S/C21H26F2N2O4S/c1-4-29-18-10-7-16(8-11-18)6-5-13-24-21(26)15(2)25(30(3,27)28)17-9-12-19(22)20(23)14-17/h7-12,14-15H,4-6,13H2,1-3H3,(H,24,26). The quantitative estimate of drug-likeness (QED) is 0.576. The number of anilines is 1. The maximum absolute atomic E-state index is 13.6. The van der Waals surface area contributed by atoms with E-state index in [1.165, 1.54) is 6.92 Å². The third-order valence-electron chi connectivity index (χ3n) is 4.42. The molecule has 0 aliphatic carbocycles. The monoisotopic (exact) mass is 440 g/mol. The number of hydrogen-bond donors (Lipinski definition) is 1. The van der Waals surface area contributed by atoms with Crippen LogP contribution in [0.4, 0.5) is 14.5 Å². The zero-order valence-electron chi connectivity index (χ0n) is 17.2. The maximum atomic E-state index is 13.6. The molecule has 1 amide bonds. The minimum absolute atomic E-state index is 0.117. The second-order valence-corrected chi connectivity index (χ2v) is 8.66. The van der Waals surface area contributed by atoms with Gasteiger partial charge in [-0.3, -0.25) is 9.10 Å². The van der Waals surface area contributed by atoms with Crippen molar-refractivity contribution in [2.45, 2.75) is 32.7 Å². The van der Waals surface area contributed by atoms with E-state index in [2.05, 4.69) is 5.32 Å². The van der Waals surface area contributed by atoms with Crippen LogP contribution in [0.1, 0.15) is 25.8 Å². The lowest BCUT2D eigenvalue weighted by Crippen LogP contribution is -2.48. The smallest absolute Gasteiger partial charge is 0.243 e. The lowest BCUT2D eigenvalue weighted by Gasteiger charge is -2.28. The Kier molecular flexibility index (Phi) is 8.16. The average Bonchev–Trinajstić information content (AvgIpc) is 2.68. The van der Waals surface area contributed by atoms with Gasteiger partial charge in [0.1, 0.15) is 11.8 Å². The van der Waals surface area contributed by atoms with E-state index in [1.807, 2.05) is 31.2 Å². The van der Waals surface area contributed by atoms with Crippen LogP contribution in [0.5, 0.6) is 5.75 Å². The zero-order valence-corrected chi connectivity index (χ0v) is 18.0. The van der Waals surface area contributed by atoms with Crippen molar-refractivity contribution in [2.24, 2.45) is 0 Å². The molecule has 0 saturated heterocycles. The number of benzene rings is 2. The molecule has 164 valence electrons. The van der Waals surface area contributed by atoms with Crippen molar-refractivity contribution in [3.8, 4) is 5.75 Å². The minimum Gasteiger partial charge on any atom is -0.494 e. The van der Waals surface area contributed by atoms with Crippen molar-refractivity contribution in [3.05, 3.63) is 59.7 Å². The predicted octanol–water partition coefficient (Wildman–Crippen LogP) is 3.27. The summed E-state index contributed by atoms with van der Waals surface area (Å²) in [5.41, 5.74) is 0.966. The third-order valence-corrected chi connectivity index (χ3v) is 5.66. The van der Waals surface area contributed by atoms with Crippen LogP contribution in [0.3, 0.4) is 0 Å². The summed E-state index contributed by atoms with van der Waals surface area (Å²) in [4.78, 5) is 12.5. The highest BCUT2D eigenvalue weighted by Gasteiger charge is 2.29. The van der Waals surface area contributed by atoms with Crippen LogP contribution in [0.2, 0.25) is 0 Å². The van der Waals surface area contributed by atoms with Crippen LogP contribution in [0.25, 0.3) is 0 Å². The molecule has 0 bridgehead atoms. The maximum Gasteiger partial charge on any atom is 0.243 e. The van der Waals surface area contributed by atoms with Crippen LogP contribution in [0.15, 0.2) is 42.5 Å². The Morgan fingerprint density at radius 1 is 1.13 bits per heavy atom. The Labute approximate surface area is 175 Å². The molecule has 0 heterocycles. The Balaban J connectivity index is 1.96. The molecule has 2 aromatic carbocycles. The van der Waals surface area contributed by atoms with Crippen LogP contribution in [0, 0.1) is 11.6 Å². The molecule has 6 nitrogen and oxygen atoms in total. The predicted molar refractivity (Wildman–Crippen MR) is 112 cm³/mol. The summed E-state index contributed by atoms with van der Waals surface area (Å²) in [7, 11) is -3.90. The minimum atomic E-state index is -3.90. The van der Waals surface area contributed by atoms with Crippen molar-refractivity contribution in [1.29, 1.82) is 0 Å². The fourth-order valence-corrected chi connectivity index (χ4v) is 4.17. The topological polar surface area (TPSA) is 75.7 Å². The Morgan fingerprint density at radius 3 is 2.37 bits per heavy atom. The van der Waals surface area contributed by atoms with Crippen LogP contribution in [-0.4, -0.2) is 39.8 Å². The molecule has 1 atom stereocenters. The van der Waals surface area contributed by atoms with E-state index in [1.54, 1.807) is 0 Å². The number of halogens is 2. The summed E-state index contributed by atoms with van der Waals surface area (Å²) < 4.78 is 57.3. The summed E-state index contributed by atoms with van der Waals surface area (Å²) in [5, 5.41) is 2.70. The highest BCUT2D eigenvalue weighted by atomic mass is 32.2. The summed E-state index contributed by atoms with van der Waals surface area (Å²) in [5.74, 6) is -2.03. The van der Waals surface area contributed by atoms with Crippen LogP contribution < -0.4 is 14.4 Å². The number of aryl methyl sites for hydroxylation is 1.